The van der Waals surface area contributed by atoms with Crippen molar-refractivity contribution in [1.82, 2.24) is 5.32 Å². The first-order valence-corrected chi connectivity index (χ1v) is 7.62. The molecule has 0 saturated heterocycles. The van der Waals surface area contributed by atoms with E-state index in [0.29, 0.717) is 32.3 Å². The van der Waals surface area contributed by atoms with Crippen molar-refractivity contribution < 1.29 is 4.74 Å². The van der Waals surface area contributed by atoms with Crippen LogP contribution in [-0.4, -0.2) is 12.5 Å². The van der Waals surface area contributed by atoms with Gasteiger partial charge < -0.3 is 15.8 Å². The quantitative estimate of drug-likeness (QED) is 0.448. The van der Waals surface area contributed by atoms with E-state index in [1.165, 1.54) is 5.56 Å². The molecular formula is C19H23N3O. The molecule has 0 unspecified atom stereocenters. The average Bonchev–Trinajstić information content (AvgIpc) is 2.60. The molecule has 2 rings (SSSR count). The van der Waals surface area contributed by atoms with Crippen molar-refractivity contribution in [1.29, 1.82) is 0 Å². The number of guanidine groups is 1. The molecule has 0 aliphatic heterocycles. The lowest BCUT2D eigenvalue weighted by Gasteiger charge is -2.06. The van der Waals surface area contributed by atoms with Crippen molar-refractivity contribution in [3.05, 3.63) is 83.9 Å². The molecule has 0 radical (unpaired) electrons. The Hall–Kier alpha value is -2.59. The lowest BCUT2D eigenvalue weighted by Crippen LogP contribution is -2.31. The van der Waals surface area contributed by atoms with Crippen LogP contribution in [0.5, 0.6) is 0 Å². The molecule has 2 aromatic carbocycles. The van der Waals surface area contributed by atoms with E-state index in [1.54, 1.807) is 6.08 Å². The van der Waals surface area contributed by atoms with Gasteiger partial charge in [0, 0.05) is 6.54 Å². The zero-order chi connectivity index (χ0) is 16.3. The topological polar surface area (TPSA) is 59.6 Å². The Balaban J connectivity index is 1.77. The zero-order valence-electron chi connectivity index (χ0n) is 13.2. The third kappa shape index (κ3) is 6.36. The lowest BCUT2D eigenvalue weighted by atomic mass is 10.1. The Labute approximate surface area is 137 Å². The summed E-state index contributed by atoms with van der Waals surface area (Å²) < 4.78 is 5.72. The van der Waals surface area contributed by atoms with Crippen LogP contribution in [0.15, 0.2) is 72.2 Å². The van der Waals surface area contributed by atoms with E-state index in [-0.39, 0.29) is 0 Å². The van der Waals surface area contributed by atoms with Crippen molar-refractivity contribution >= 4 is 5.96 Å². The van der Waals surface area contributed by atoms with Crippen LogP contribution in [0.25, 0.3) is 0 Å². The first kappa shape index (κ1) is 16.8. The van der Waals surface area contributed by atoms with Gasteiger partial charge in [0.25, 0.3) is 0 Å². The van der Waals surface area contributed by atoms with Gasteiger partial charge in [0.05, 0.1) is 19.8 Å². The second kappa shape index (κ2) is 9.43. The van der Waals surface area contributed by atoms with E-state index >= 15 is 0 Å². The van der Waals surface area contributed by atoms with Gasteiger partial charge in [0.15, 0.2) is 5.96 Å². The van der Waals surface area contributed by atoms with Gasteiger partial charge in [0.2, 0.25) is 0 Å². The molecule has 0 saturated carbocycles. The highest BCUT2D eigenvalue weighted by Crippen LogP contribution is 2.09. The van der Waals surface area contributed by atoms with E-state index in [0.717, 1.165) is 11.1 Å². The zero-order valence-corrected chi connectivity index (χ0v) is 13.2. The summed E-state index contributed by atoms with van der Waals surface area (Å²) in [5.74, 6) is 0.431. The molecule has 0 aliphatic carbocycles. The first-order valence-electron chi connectivity index (χ1n) is 7.62. The third-order valence-corrected chi connectivity index (χ3v) is 3.26. The standard InChI is InChI=1S/C19H23N3O/c1-2-12-21-19(20)22-13-16-8-10-18(11-9-16)15-23-14-17-6-4-3-5-7-17/h2-11H,1,12-15H2,(H3,20,21,22). The molecule has 0 aromatic heterocycles. The van der Waals surface area contributed by atoms with Crippen molar-refractivity contribution in [2.75, 3.05) is 6.54 Å². The predicted octanol–water partition coefficient (Wildman–Crippen LogP) is 2.99. The molecule has 0 amide bonds. The number of nitrogens with two attached hydrogens (primary N) is 1. The highest BCUT2D eigenvalue weighted by molar-refractivity contribution is 5.77. The smallest absolute Gasteiger partial charge is 0.189 e. The van der Waals surface area contributed by atoms with Crippen molar-refractivity contribution in [3.8, 4) is 0 Å². The maximum Gasteiger partial charge on any atom is 0.189 e. The van der Waals surface area contributed by atoms with E-state index in [9.17, 15) is 0 Å². The third-order valence-electron chi connectivity index (χ3n) is 3.26. The van der Waals surface area contributed by atoms with Gasteiger partial charge in [-0.15, -0.1) is 6.58 Å². The summed E-state index contributed by atoms with van der Waals surface area (Å²) in [5, 5.41) is 2.95. The fraction of sp³-hybridized carbons (Fsp3) is 0.211. The van der Waals surface area contributed by atoms with E-state index in [4.69, 9.17) is 10.5 Å². The number of nitrogens with one attached hydrogen (secondary N) is 1. The minimum absolute atomic E-state index is 0.431. The Morgan fingerprint density at radius 3 is 2.26 bits per heavy atom. The highest BCUT2D eigenvalue weighted by atomic mass is 16.5. The maximum absolute atomic E-state index is 5.73. The molecule has 4 heteroatoms. The van der Waals surface area contributed by atoms with E-state index < -0.39 is 0 Å². The molecule has 0 aliphatic rings. The number of ether oxygens (including phenoxy) is 1. The SMILES string of the molecule is C=CCNC(N)=NCc1ccc(COCc2ccccc2)cc1. The second-order valence-corrected chi connectivity index (χ2v) is 5.17. The molecular weight excluding hydrogens is 286 g/mol. The number of rotatable bonds is 8. The molecule has 0 spiro atoms. The molecule has 3 N–H and O–H groups in total. The molecule has 2 aromatic rings. The molecule has 0 atom stereocenters. The lowest BCUT2D eigenvalue weighted by molar-refractivity contribution is 0.107. The van der Waals surface area contributed by atoms with Gasteiger partial charge in [-0.2, -0.15) is 0 Å². The maximum atomic E-state index is 5.73. The number of hydrogen-bond acceptors (Lipinski definition) is 2. The van der Waals surface area contributed by atoms with Gasteiger partial charge in [-0.25, -0.2) is 4.99 Å². The Morgan fingerprint density at radius 2 is 1.61 bits per heavy atom. The molecule has 4 nitrogen and oxygen atoms in total. The Morgan fingerprint density at radius 1 is 1.00 bits per heavy atom. The molecule has 120 valence electrons. The van der Waals surface area contributed by atoms with Crippen LogP contribution in [0.4, 0.5) is 0 Å². The van der Waals surface area contributed by atoms with Gasteiger partial charge in [-0.3, -0.25) is 0 Å². The van der Waals surface area contributed by atoms with Crippen LogP contribution in [-0.2, 0) is 24.5 Å². The fourth-order valence-corrected chi connectivity index (χ4v) is 2.01. The summed E-state index contributed by atoms with van der Waals surface area (Å²) in [6.45, 7) is 6.02. The van der Waals surface area contributed by atoms with Gasteiger partial charge in [-0.1, -0.05) is 60.7 Å². The summed E-state index contributed by atoms with van der Waals surface area (Å²) in [7, 11) is 0. The Kier molecular flexibility index (Phi) is 6.88. The number of nitrogens with zero attached hydrogens (tertiary/aromatic N) is 1. The Bertz CT molecular complexity index is 621. The summed E-state index contributed by atoms with van der Waals surface area (Å²) in [6.07, 6.45) is 1.74. The summed E-state index contributed by atoms with van der Waals surface area (Å²) in [5.41, 5.74) is 9.17. The minimum Gasteiger partial charge on any atom is -0.372 e. The van der Waals surface area contributed by atoms with Crippen LogP contribution in [0.1, 0.15) is 16.7 Å². The van der Waals surface area contributed by atoms with Crippen LogP contribution in [0.2, 0.25) is 0 Å². The molecule has 0 fully saturated rings. The molecule has 0 bridgehead atoms. The van der Waals surface area contributed by atoms with Gasteiger partial charge >= 0.3 is 0 Å². The van der Waals surface area contributed by atoms with Crippen LogP contribution in [0, 0.1) is 0 Å². The number of aliphatic imine (C=N–C) groups is 1. The fourth-order valence-electron chi connectivity index (χ4n) is 2.01. The predicted molar refractivity (Wildman–Crippen MR) is 94.9 cm³/mol. The highest BCUT2D eigenvalue weighted by Gasteiger charge is 1.97. The van der Waals surface area contributed by atoms with Gasteiger partial charge in [0.1, 0.15) is 0 Å². The minimum atomic E-state index is 0.431. The molecule has 23 heavy (non-hydrogen) atoms. The summed E-state index contributed by atoms with van der Waals surface area (Å²) in [4.78, 5) is 4.27. The largest absolute Gasteiger partial charge is 0.372 e. The van der Waals surface area contributed by atoms with Crippen molar-refractivity contribution in [2.45, 2.75) is 19.8 Å². The van der Waals surface area contributed by atoms with Gasteiger partial charge in [-0.05, 0) is 16.7 Å². The normalized spacial score (nSPS) is 11.2. The van der Waals surface area contributed by atoms with Crippen molar-refractivity contribution in [2.24, 2.45) is 10.7 Å². The van der Waals surface area contributed by atoms with E-state index in [2.05, 4.69) is 41.2 Å². The van der Waals surface area contributed by atoms with Crippen LogP contribution < -0.4 is 11.1 Å². The summed E-state index contributed by atoms with van der Waals surface area (Å²) >= 11 is 0. The number of benzene rings is 2. The second-order valence-electron chi connectivity index (χ2n) is 5.17. The number of hydrogen-bond donors (Lipinski definition) is 2. The summed E-state index contributed by atoms with van der Waals surface area (Å²) in [6, 6.07) is 18.4. The van der Waals surface area contributed by atoms with E-state index in [1.807, 2.05) is 30.3 Å². The van der Waals surface area contributed by atoms with Crippen LogP contribution >= 0.6 is 0 Å². The average molecular weight is 309 g/mol. The van der Waals surface area contributed by atoms with Crippen LogP contribution in [0.3, 0.4) is 0 Å². The monoisotopic (exact) mass is 309 g/mol. The first-order chi connectivity index (χ1) is 11.3. The van der Waals surface area contributed by atoms with Crippen molar-refractivity contribution in [3.63, 3.8) is 0 Å². The molecule has 0 heterocycles.